The molecule has 8 nitrogen and oxygen atoms in total. The van der Waals surface area contributed by atoms with E-state index in [0.717, 1.165) is 39.9 Å². The van der Waals surface area contributed by atoms with E-state index in [1.54, 1.807) is 61.5 Å². The Hall–Kier alpha value is -2.62. The monoisotopic (exact) mass is 520 g/mol. The number of benzene rings is 2. The molecule has 0 unspecified atom stereocenters. The first-order valence-electron chi connectivity index (χ1n) is 11.7. The number of amides is 2. The molecule has 0 aromatic heterocycles. The minimum atomic E-state index is -3.96. The number of nitrogens with zero attached hydrogens (tertiary/aromatic N) is 3. The maximum atomic E-state index is 13.6. The van der Waals surface area contributed by atoms with Crippen molar-refractivity contribution in [3.8, 4) is 0 Å². The molecule has 1 fully saturated rings. The van der Waals surface area contributed by atoms with E-state index >= 15 is 0 Å². The van der Waals surface area contributed by atoms with Crippen LogP contribution in [0.4, 0.5) is 5.69 Å². The lowest BCUT2D eigenvalue weighted by Gasteiger charge is -2.33. The maximum Gasteiger partial charge on any atom is 0.304 e. The van der Waals surface area contributed by atoms with Gasteiger partial charge in [-0.2, -0.15) is 12.7 Å². The quantitative estimate of drug-likeness (QED) is 0.519. The van der Waals surface area contributed by atoms with Gasteiger partial charge >= 0.3 is 10.2 Å². The van der Waals surface area contributed by atoms with Crippen LogP contribution in [-0.4, -0.2) is 62.2 Å². The Morgan fingerprint density at radius 2 is 1.63 bits per heavy atom. The van der Waals surface area contributed by atoms with Gasteiger partial charge in [0.05, 0.1) is 5.69 Å². The zero-order valence-electron chi connectivity index (χ0n) is 20.4. The predicted molar refractivity (Wildman–Crippen MR) is 138 cm³/mol. The molecule has 2 amide bonds. The van der Waals surface area contributed by atoms with Crippen LogP contribution >= 0.6 is 11.6 Å². The third-order valence-corrected chi connectivity index (χ3v) is 8.27. The molecule has 1 saturated carbocycles. The highest BCUT2D eigenvalue weighted by Gasteiger charge is 2.33. The van der Waals surface area contributed by atoms with Gasteiger partial charge in [0.2, 0.25) is 11.8 Å². The Morgan fingerprint density at radius 3 is 2.20 bits per heavy atom. The number of carbonyl (C=O) groups is 2. The van der Waals surface area contributed by atoms with Gasteiger partial charge in [0.15, 0.2) is 0 Å². The van der Waals surface area contributed by atoms with Crippen LogP contribution in [0.15, 0.2) is 54.6 Å². The van der Waals surface area contributed by atoms with Crippen molar-refractivity contribution in [2.75, 3.05) is 24.9 Å². The fourth-order valence-electron chi connectivity index (χ4n) is 4.07. The highest BCUT2D eigenvalue weighted by Crippen LogP contribution is 2.22. The van der Waals surface area contributed by atoms with Crippen molar-refractivity contribution in [1.29, 1.82) is 0 Å². The number of hydrogen-bond acceptors (Lipinski definition) is 4. The molecule has 0 heterocycles. The molecule has 1 aliphatic rings. The van der Waals surface area contributed by atoms with Crippen molar-refractivity contribution in [3.63, 3.8) is 0 Å². The Bertz CT molecular complexity index is 1100. The molecule has 2 aromatic rings. The lowest BCUT2D eigenvalue weighted by atomic mass is 10.1. The summed E-state index contributed by atoms with van der Waals surface area (Å²) in [5, 5.41) is 3.61. The molecular weight excluding hydrogens is 488 g/mol. The number of nitrogens with one attached hydrogen (secondary N) is 1. The number of rotatable bonds is 10. The SMILES string of the molecule is C[C@H](C(=O)NC1CCCC1)N(Cc1ccc(Cl)cc1)C(=O)CN(c1ccccc1)S(=O)(=O)N(C)C. The molecule has 0 spiro atoms. The van der Waals surface area contributed by atoms with Crippen LogP contribution in [0.3, 0.4) is 0 Å². The summed E-state index contributed by atoms with van der Waals surface area (Å²) in [5.74, 6) is -0.732. The summed E-state index contributed by atoms with van der Waals surface area (Å²) in [6.45, 7) is 1.37. The number of hydrogen-bond donors (Lipinski definition) is 1. The van der Waals surface area contributed by atoms with Crippen LogP contribution in [-0.2, 0) is 26.3 Å². The first kappa shape index (κ1) is 27.0. The van der Waals surface area contributed by atoms with Gasteiger partial charge in [-0.1, -0.05) is 54.8 Å². The largest absolute Gasteiger partial charge is 0.352 e. The van der Waals surface area contributed by atoms with Gasteiger partial charge in [-0.05, 0) is 49.6 Å². The number of anilines is 1. The molecule has 2 aromatic carbocycles. The summed E-state index contributed by atoms with van der Waals surface area (Å²) < 4.78 is 28.3. The van der Waals surface area contributed by atoms with E-state index < -0.39 is 28.7 Å². The lowest BCUT2D eigenvalue weighted by molar-refractivity contribution is -0.139. The molecule has 0 bridgehead atoms. The fourth-order valence-corrected chi connectivity index (χ4v) is 5.25. The van der Waals surface area contributed by atoms with Crippen LogP contribution in [0.1, 0.15) is 38.2 Å². The second-order valence-corrected chi connectivity index (χ2v) is 11.4. The van der Waals surface area contributed by atoms with Gasteiger partial charge in [-0.25, -0.2) is 4.31 Å². The topological polar surface area (TPSA) is 90.0 Å². The molecule has 10 heteroatoms. The molecule has 0 radical (unpaired) electrons. The molecular formula is C25H33ClN4O4S. The van der Waals surface area contributed by atoms with E-state index in [4.69, 9.17) is 11.6 Å². The van der Waals surface area contributed by atoms with E-state index in [0.29, 0.717) is 10.7 Å². The van der Waals surface area contributed by atoms with E-state index in [1.165, 1.54) is 19.0 Å². The molecule has 0 saturated heterocycles. The van der Waals surface area contributed by atoms with E-state index in [9.17, 15) is 18.0 Å². The van der Waals surface area contributed by atoms with Gasteiger partial charge < -0.3 is 10.2 Å². The molecule has 190 valence electrons. The second-order valence-electron chi connectivity index (χ2n) is 8.95. The maximum absolute atomic E-state index is 13.6. The van der Waals surface area contributed by atoms with Crippen LogP contribution in [0.25, 0.3) is 0 Å². The van der Waals surface area contributed by atoms with Gasteiger partial charge in [0.1, 0.15) is 12.6 Å². The van der Waals surface area contributed by atoms with Crippen molar-refractivity contribution < 1.29 is 18.0 Å². The average Bonchev–Trinajstić information content (AvgIpc) is 3.35. The number of carbonyl (C=O) groups excluding carboxylic acids is 2. The van der Waals surface area contributed by atoms with Crippen molar-refractivity contribution in [2.45, 2.75) is 51.2 Å². The van der Waals surface area contributed by atoms with E-state index in [1.807, 2.05) is 0 Å². The first-order valence-corrected chi connectivity index (χ1v) is 13.5. The molecule has 1 atom stereocenters. The Labute approximate surface area is 213 Å². The van der Waals surface area contributed by atoms with E-state index in [2.05, 4.69) is 5.32 Å². The van der Waals surface area contributed by atoms with E-state index in [-0.39, 0.29) is 18.5 Å². The zero-order chi connectivity index (χ0) is 25.6. The molecule has 1 N–H and O–H groups in total. The van der Waals surface area contributed by atoms with Crippen molar-refractivity contribution >= 4 is 39.3 Å². The van der Waals surface area contributed by atoms with Crippen LogP contribution in [0.5, 0.6) is 0 Å². The van der Waals surface area contributed by atoms with Crippen molar-refractivity contribution in [2.24, 2.45) is 0 Å². The Balaban J connectivity index is 1.89. The fraction of sp³-hybridized carbons (Fsp3) is 0.440. The van der Waals surface area contributed by atoms with Gasteiger partial charge in [0, 0.05) is 31.7 Å². The van der Waals surface area contributed by atoms with Crippen LogP contribution < -0.4 is 9.62 Å². The normalized spacial score (nSPS) is 15.1. The van der Waals surface area contributed by atoms with Gasteiger partial charge in [-0.15, -0.1) is 0 Å². The standard InChI is InChI=1S/C25H33ClN4O4S/c1-19(25(32)27-22-9-7-8-10-22)29(17-20-13-15-21(26)16-14-20)24(31)18-30(35(33,34)28(2)3)23-11-5-4-6-12-23/h4-6,11-16,19,22H,7-10,17-18H2,1-3H3,(H,27,32)/t19-/m1/s1. The smallest absolute Gasteiger partial charge is 0.304 e. The zero-order valence-corrected chi connectivity index (χ0v) is 21.9. The summed E-state index contributed by atoms with van der Waals surface area (Å²) in [6, 6.07) is 14.8. The number of para-hydroxylation sites is 1. The molecule has 0 aliphatic heterocycles. The summed E-state index contributed by atoms with van der Waals surface area (Å²) in [6.07, 6.45) is 3.99. The second kappa shape index (κ2) is 11.9. The third kappa shape index (κ3) is 6.96. The van der Waals surface area contributed by atoms with Crippen molar-refractivity contribution in [3.05, 3.63) is 65.2 Å². The molecule has 35 heavy (non-hydrogen) atoms. The highest BCUT2D eigenvalue weighted by molar-refractivity contribution is 7.90. The first-order chi connectivity index (χ1) is 16.6. The van der Waals surface area contributed by atoms with Crippen molar-refractivity contribution in [1.82, 2.24) is 14.5 Å². The minimum absolute atomic E-state index is 0.104. The average molecular weight is 521 g/mol. The summed E-state index contributed by atoms with van der Waals surface area (Å²) in [5.41, 5.74) is 1.15. The molecule has 1 aliphatic carbocycles. The predicted octanol–water partition coefficient (Wildman–Crippen LogP) is 3.43. The summed E-state index contributed by atoms with van der Waals surface area (Å²) >= 11 is 6.01. The van der Waals surface area contributed by atoms with Crippen LogP contribution in [0, 0.1) is 0 Å². The summed E-state index contributed by atoms with van der Waals surface area (Å²) in [7, 11) is -1.13. The highest BCUT2D eigenvalue weighted by atomic mass is 35.5. The minimum Gasteiger partial charge on any atom is -0.352 e. The number of halogens is 1. The summed E-state index contributed by atoms with van der Waals surface area (Å²) in [4.78, 5) is 28.2. The Kier molecular flexibility index (Phi) is 9.15. The van der Waals surface area contributed by atoms with Crippen LogP contribution in [0.2, 0.25) is 5.02 Å². The lowest BCUT2D eigenvalue weighted by Crippen LogP contribution is -2.53. The molecule has 3 rings (SSSR count). The van der Waals surface area contributed by atoms with Gasteiger partial charge in [-0.3, -0.25) is 9.59 Å². The third-order valence-electron chi connectivity index (χ3n) is 6.20. The van der Waals surface area contributed by atoms with Gasteiger partial charge in [0.25, 0.3) is 0 Å². The Morgan fingerprint density at radius 1 is 1.03 bits per heavy atom.